The van der Waals surface area contributed by atoms with Crippen LogP contribution in [0.5, 0.6) is 11.5 Å². The van der Waals surface area contributed by atoms with Gasteiger partial charge in [-0.3, -0.25) is 4.79 Å². The van der Waals surface area contributed by atoms with Crippen LogP contribution in [-0.2, 0) is 16.0 Å². The number of ether oxygens (including phenoxy) is 3. The molecule has 0 bridgehead atoms. The zero-order valence-corrected chi connectivity index (χ0v) is 14.9. The van der Waals surface area contributed by atoms with Crippen LogP contribution in [0.25, 0.3) is 0 Å². The third-order valence-electron chi connectivity index (χ3n) is 4.10. The van der Waals surface area contributed by atoms with Crippen LogP contribution in [0.3, 0.4) is 0 Å². The highest BCUT2D eigenvalue weighted by Crippen LogP contribution is 2.32. The molecular formula is C21H25NO4. The summed E-state index contributed by atoms with van der Waals surface area (Å²) in [5.41, 5.74) is 1.99. The maximum absolute atomic E-state index is 12.1. The zero-order chi connectivity index (χ0) is 18.0. The summed E-state index contributed by atoms with van der Waals surface area (Å²) in [6, 6.07) is 15.7. The maximum atomic E-state index is 12.1. The molecule has 0 spiro atoms. The number of anilines is 1. The van der Waals surface area contributed by atoms with E-state index >= 15 is 0 Å². The molecule has 0 atom stereocenters. The SMILES string of the molecule is O=C(CCCOCCc1ccccc1)Nc1ccc2c(c1)OCCCO2. The van der Waals surface area contributed by atoms with Crippen molar-refractivity contribution in [1.82, 2.24) is 0 Å². The van der Waals surface area contributed by atoms with Gasteiger partial charge in [0.25, 0.3) is 0 Å². The molecule has 26 heavy (non-hydrogen) atoms. The lowest BCUT2D eigenvalue weighted by Gasteiger charge is -2.10. The van der Waals surface area contributed by atoms with Crippen molar-refractivity contribution in [3.63, 3.8) is 0 Å². The van der Waals surface area contributed by atoms with Gasteiger partial charge in [-0.1, -0.05) is 30.3 Å². The summed E-state index contributed by atoms with van der Waals surface area (Å²) in [4.78, 5) is 12.1. The van der Waals surface area contributed by atoms with Gasteiger partial charge in [0.2, 0.25) is 5.91 Å². The van der Waals surface area contributed by atoms with Crippen LogP contribution in [0, 0.1) is 0 Å². The van der Waals surface area contributed by atoms with E-state index in [1.165, 1.54) is 5.56 Å². The average molecular weight is 355 g/mol. The number of carbonyl (C=O) groups is 1. The van der Waals surface area contributed by atoms with Gasteiger partial charge in [-0.25, -0.2) is 0 Å². The van der Waals surface area contributed by atoms with E-state index in [1.54, 1.807) is 0 Å². The van der Waals surface area contributed by atoms with Crippen LogP contribution in [-0.4, -0.2) is 32.3 Å². The van der Waals surface area contributed by atoms with E-state index in [1.807, 2.05) is 36.4 Å². The van der Waals surface area contributed by atoms with E-state index < -0.39 is 0 Å². The van der Waals surface area contributed by atoms with E-state index in [0.717, 1.165) is 24.3 Å². The lowest BCUT2D eigenvalue weighted by Crippen LogP contribution is -2.12. The highest BCUT2D eigenvalue weighted by atomic mass is 16.5. The Kier molecular flexibility index (Phi) is 6.90. The molecule has 0 saturated carbocycles. The van der Waals surface area contributed by atoms with Crippen LogP contribution in [0.15, 0.2) is 48.5 Å². The number of rotatable bonds is 8. The number of hydrogen-bond donors (Lipinski definition) is 1. The van der Waals surface area contributed by atoms with Gasteiger partial charge < -0.3 is 19.5 Å². The Balaban J connectivity index is 1.33. The fourth-order valence-electron chi connectivity index (χ4n) is 2.74. The van der Waals surface area contributed by atoms with Crippen molar-refractivity contribution in [2.24, 2.45) is 0 Å². The standard InChI is InChI=1S/C21H25NO4/c23-21(8-4-12-24-15-11-17-6-2-1-3-7-17)22-18-9-10-19-20(16-18)26-14-5-13-25-19/h1-3,6-7,9-10,16H,4-5,8,11-15H2,(H,22,23). The molecular weight excluding hydrogens is 330 g/mol. The maximum Gasteiger partial charge on any atom is 0.224 e. The Morgan fingerprint density at radius 2 is 1.81 bits per heavy atom. The fraction of sp³-hybridized carbons (Fsp3) is 0.381. The molecule has 1 amide bonds. The average Bonchev–Trinajstić information content (AvgIpc) is 2.90. The first-order valence-electron chi connectivity index (χ1n) is 9.12. The molecule has 138 valence electrons. The van der Waals surface area contributed by atoms with Crippen LogP contribution < -0.4 is 14.8 Å². The number of nitrogens with one attached hydrogen (secondary N) is 1. The van der Waals surface area contributed by atoms with E-state index in [2.05, 4.69) is 17.4 Å². The van der Waals surface area contributed by atoms with E-state index in [0.29, 0.717) is 45.0 Å². The first-order valence-corrected chi connectivity index (χ1v) is 9.12. The predicted molar refractivity (Wildman–Crippen MR) is 101 cm³/mol. The molecule has 5 nitrogen and oxygen atoms in total. The minimum Gasteiger partial charge on any atom is -0.490 e. The molecule has 1 N–H and O–H groups in total. The summed E-state index contributed by atoms with van der Waals surface area (Å²) >= 11 is 0. The van der Waals surface area contributed by atoms with Gasteiger partial charge in [0, 0.05) is 31.2 Å². The van der Waals surface area contributed by atoms with E-state index in [4.69, 9.17) is 14.2 Å². The Labute approximate surface area is 154 Å². The molecule has 1 aliphatic rings. The van der Waals surface area contributed by atoms with Crippen molar-refractivity contribution in [3.05, 3.63) is 54.1 Å². The van der Waals surface area contributed by atoms with Gasteiger partial charge in [-0.15, -0.1) is 0 Å². The molecule has 2 aromatic rings. The molecule has 0 aromatic heterocycles. The third kappa shape index (κ3) is 5.77. The summed E-state index contributed by atoms with van der Waals surface area (Å²) in [6.45, 7) is 2.54. The molecule has 0 saturated heterocycles. The van der Waals surface area contributed by atoms with E-state index in [9.17, 15) is 4.79 Å². The second kappa shape index (κ2) is 9.82. The van der Waals surface area contributed by atoms with Crippen molar-refractivity contribution >= 4 is 11.6 Å². The van der Waals surface area contributed by atoms with Crippen LogP contribution in [0.4, 0.5) is 5.69 Å². The molecule has 1 heterocycles. The van der Waals surface area contributed by atoms with Gasteiger partial charge >= 0.3 is 0 Å². The molecule has 5 heteroatoms. The topological polar surface area (TPSA) is 56.8 Å². The number of amides is 1. The molecule has 0 aliphatic carbocycles. The molecule has 0 fully saturated rings. The highest BCUT2D eigenvalue weighted by molar-refractivity contribution is 5.91. The Morgan fingerprint density at radius 1 is 1.00 bits per heavy atom. The minimum absolute atomic E-state index is 0.0221. The summed E-state index contributed by atoms with van der Waals surface area (Å²) in [7, 11) is 0. The Morgan fingerprint density at radius 3 is 2.65 bits per heavy atom. The molecule has 2 aromatic carbocycles. The Bertz CT molecular complexity index is 702. The summed E-state index contributed by atoms with van der Waals surface area (Å²) in [5.74, 6) is 1.39. The molecule has 1 aliphatic heterocycles. The van der Waals surface area contributed by atoms with Gasteiger partial charge in [0.1, 0.15) is 0 Å². The first kappa shape index (κ1) is 18.3. The van der Waals surface area contributed by atoms with Crippen molar-refractivity contribution < 1.29 is 19.0 Å². The summed E-state index contributed by atoms with van der Waals surface area (Å²) in [6.07, 6.45) is 2.88. The van der Waals surface area contributed by atoms with Gasteiger partial charge in [0.15, 0.2) is 11.5 Å². The summed E-state index contributed by atoms with van der Waals surface area (Å²) < 4.78 is 16.8. The summed E-state index contributed by atoms with van der Waals surface area (Å²) in [5, 5.41) is 2.90. The van der Waals surface area contributed by atoms with E-state index in [-0.39, 0.29) is 5.91 Å². The number of benzene rings is 2. The lowest BCUT2D eigenvalue weighted by molar-refractivity contribution is -0.116. The van der Waals surface area contributed by atoms with Crippen molar-refractivity contribution in [2.45, 2.75) is 25.7 Å². The van der Waals surface area contributed by atoms with Gasteiger partial charge in [0.05, 0.1) is 19.8 Å². The van der Waals surface area contributed by atoms with Gasteiger partial charge in [-0.05, 0) is 30.5 Å². The first-order chi connectivity index (χ1) is 12.8. The lowest BCUT2D eigenvalue weighted by atomic mass is 10.2. The van der Waals surface area contributed by atoms with Gasteiger partial charge in [-0.2, -0.15) is 0 Å². The molecule has 3 rings (SSSR count). The predicted octanol–water partition coefficient (Wildman–Crippen LogP) is 3.83. The third-order valence-corrected chi connectivity index (χ3v) is 4.10. The normalized spacial score (nSPS) is 13.1. The zero-order valence-electron chi connectivity index (χ0n) is 14.9. The largest absolute Gasteiger partial charge is 0.490 e. The highest BCUT2D eigenvalue weighted by Gasteiger charge is 2.11. The van der Waals surface area contributed by atoms with Crippen molar-refractivity contribution in [3.8, 4) is 11.5 Å². The molecule has 0 radical (unpaired) electrons. The monoisotopic (exact) mass is 355 g/mol. The fourth-order valence-corrected chi connectivity index (χ4v) is 2.74. The number of fused-ring (bicyclic) bond motifs is 1. The van der Waals surface area contributed by atoms with Crippen molar-refractivity contribution in [2.75, 3.05) is 31.7 Å². The van der Waals surface area contributed by atoms with Crippen molar-refractivity contribution in [1.29, 1.82) is 0 Å². The van der Waals surface area contributed by atoms with Crippen LogP contribution >= 0.6 is 0 Å². The second-order valence-corrected chi connectivity index (χ2v) is 6.21. The smallest absolute Gasteiger partial charge is 0.224 e. The molecule has 0 unspecified atom stereocenters. The minimum atomic E-state index is -0.0221. The second-order valence-electron chi connectivity index (χ2n) is 6.21. The number of hydrogen-bond acceptors (Lipinski definition) is 4. The Hall–Kier alpha value is -2.53. The number of carbonyl (C=O) groups excluding carboxylic acids is 1. The quantitative estimate of drug-likeness (QED) is 0.731. The van der Waals surface area contributed by atoms with Crippen LogP contribution in [0.1, 0.15) is 24.8 Å². The van der Waals surface area contributed by atoms with Crippen LogP contribution in [0.2, 0.25) is 0 Å².